The van der Waals surface area contributed by atoms with Crippen molar-refractivity contribution in [3.8, 4) is 18.2 Å². The highest BCUT2D eigenvalue weighted by molar-refractivity contribution is 5.52. The molecule has 0 saturated heterocycles. The van der Waals surface area contributed by atoms with Crippen LogP contribution in [0.15, 0.2) is 35.7 Å². The zero-order valence-corrected chi connectivity index (χ0v) is 10.5. The first-order valence-corrected chi connectivity index (χ1v) is 5.65. The van der Waals surface area contributed by atoms with Gasteiger partial charge in [0.2, 0.25) is 11.3 Å². The van der Waals surface area contributed by atoms with Gasteiger partial charge in [-0.05, 0) is 17.7 Å². The Bertz CT molecular complexity index is 704. The molecular weight excluding hydrogens is 274 g/mol. The zero-order chi connectivity index (χ0) is 15.6. The summed E-state index contributed by atoms with van der Waals surface area (Å²) in [5.74, 6) is -0.276. The molecule has 0 radical (unpaired) electrons. The highest BCUT2D eigenvalue weighted by Crippen LogP contribution is 2.48. The Balaban J connectivity index is 2.49. The molecule has 0 fully saturated rings. The van der Waals surface area contributed by atoms with E-state index in [0.29, 0.717) is 5.56 Å². The molecule has 0 saturated carbocycles. The van der Waals surface area contributed by atoms with Crippen molar-refractivity contribution in [3.05, 3.63) is 46.5 Å². The highest BCUT2D eigenvalue weighted by Gasteiger charge is 2.53. The molecule has 8 nitrogen and oxygen atoms in total. The fourth-order valence-corrected chi connectivity index (χ4v) is 2.09. The van der Waals surface area contributed by atoms with Crippen molar-refractivity contribution in [2.24, 2.45) is 11.1 Å². The maximum Gasteiger partial charge on any atom is 0.224 e. The number of benzene rings is 1. The average molecular weight is 282 g/mol. The third kappa shape index (κ3) is 1.99. The first-order chi connectivity index (χ1) is 10.00. The second kappa shape index (κ2) is 5.03. The molecule has 1 aromatic rings. The second-order valence-electron chi connectivity index (χ2n) is 4.25. The van der Waals surface area contributed by atoms with Gasteiger partial charge in [0.15, 0.2) is 6.10 Å². The number of hydrogen-bond donors (Lipinski definition) is 2. The van der Waals surface area contributed by atoms with E-state index < -0.39 is 11.5 Å². The molecule has 1 atom stereocenters. The molecule has 1 aliphatic heterocycles. The number of hydrogen-bond acceptors (Lipinski definition) is 8. The van der Waals surface area contributed by atoms with E-state index in [1.54, 1.807) is 18.2 Å². The number of anilines is 1. The minimum atomic E-state index is -1.85. The molecule has 0 aliphatic carbocycles. The smallest absolute Gasteiger partial charge is 0.224 e. The number of nitrogens with two attached hydrogens (primary N) is 1. The van der Waals surface area contributed by atoms with E-state index in [0.717, 1.165) is 0 Å². The molecule has 1 heterocycles. The van der Waals surface area contributed by atoms with Crippen LogP contribution in [0.3, 0.4) is 0 Å². The van der Waals surface area contributed by atoms with E-state index in [4.69, 9.17) is 20.9 Å². The maximum absolute atomic E-state index is 10.7. The van der Waals surface area contributed by atoms with Crippen LogP contribution in [0.25, 0.3) is 0 Å². The molecule has 1 unspecified atom stereocenters. The van der Waals surface area contributed by atoms with Crippen molar-refractivity contribution in [1.82, 2.24) is 0 Å². The van der Waals surface area contributed by atoms with Crippen LogP contribution in [0, 0.1) is 44.6 Å². The van der Waals surface area contributed by atoms with E-state index >= 15 is 0 Å². The fourth-order valence-electron chi connectivity index (χ4n) is 2.09. The minimum absolute atomic E-state index is 0.0299. The van der Waals surface area contributed by atoms with Crippen molar-refractivity contribution < 1.29 is 9.94 Å². The van der Waals surface area contributed by atoms with E-state index in [-0.39, 0.29) is 22.4 Å². The molecular formula is C13H8N5O3-. The Morgan fingerprint density at radius 1 is 1.24 bits per heavy atom. The van der Waals surface area contributed by atoms with Crippen LogP contribution in [-0.2, 0) is 4.74 Å². The molecule has 0 amide bonds. The molecule has 1 aromatic carbocycles. The van der Waals surface area contributed by atoms with Crippen LogP contribution in [0.4, 0.5) is 5.69 Å². The highest BCUT2D eigenvalue weighted by atomic mass is 16.8. The molecule has 1 aliphatic rings. The van der Waals surface area contributed by atoms with Crippen LogP contribution in [0.5, 0.6) is 0 Å². The van der Waals surface area contributed by atoms with Crippen LogP contribution in [-0.4, -0.2) is 5.21 Å². The topological polar surface area (TPSA) is 153 Å². The SMILES string of the molecule is N#CC1=C(N)OC(c2ccc(N([O-])O)cc2)C1(C#N)C#N. The second-order valence-corrected chi connectivity index (χ2v) is 4.25. The first-order valence-electron chi connectivity index (χ1n) is 5.65. The lowest BCUT2D eigenvalue weighted by Crippen LogP contribution is -2.24. The quantitative estimate of drug-likeness (QED) is 0.766. The lowest BCUT2D eigenvalue weighted by Gasteiger charge is -2.24. The molecule has 8 heteroatoms. The Morgan fingerprint density at radius 2 is 1.81 bits per heavy atom. The number of rotatable bonds is 2. The standard InChI is InChI=1S/C13H8N5O3/c14-5-10-12(17)21-11(13(10,6-15)7-16)8-1-3-9(4-2-8)18(19)20/h1-4,11,19H,17H2/q-1. The van der Waals surface area contributed by atoms with Gasteiger partial charge in [0, 0.05) is 0 Å². The average Bonchev–Trinajstić information content (AvgIpc) is 2.79. The molecule has 0 bridgehead atoms. The predicted octanol–water partition coefficient (Wildman–Crippen LogP) is 1.18. The summed E-state index contributed by atoms with van der Waals surface area (Å²) in [6, 6.07) is 10.6. The van der Waals surface area contributed by atoms with Gasteiger partial charge >= 0.3 is 0 Å². The van der Waals surface area contributed by atoms with Crippen molar-refractivity contribution in [2.75, 3.05) is 5.23 Å². The summed E-state index contributed by atoms with van der Waals surface area (Å²) in [4.78, 5) is 0. The van der Waals surface area contributed by atoms with Gasteiger partial charge in [-0.1, -0.05) is 12.1 Å². The third-order valence-corrected chi connectivity index (χ3v) is 3.16. The van der Waals surface area contributed by atoms with Crippen molar-refractivity contribution in [2.45, 2.75) is 6.10 Å². The van der Waals surface area contributed by atoms with Gasteiger partial charge in [-0.3, -0.25) is 5.21 Å². The summed E-state index contributed by atoms with van der Waals surface area (Å²) < 4.78 is 5.28. The number of ether oxygens (including phenoxy) is 1. The third-order valence-electron chi connectivity index (χ3n) is 3.16. The van der Waals surface area contributed by atoms with E-state index in [1.165, 1.54) is 24.3 Å². The molecule has 0 spiro atoms. The number of nitriles is 3. The monoisotopic (exact) mass is 282 g/mol. The van der Waals surface area contributed by atoms with Gasteiger partial charge in [-0.25, -0.2) is 0 Å². The maximum atomic E-state index is 10.7. The van der Waals surface area contributed by atoms with Crippen LogP contribution < -0.4 is 11.0 Å². The van der Waals surface area contributed by atoms with Crippen molar-refractivity contribution >= 4 is 5.69 Å². The van der Waals surface area contributed by atoms with Gasteiger partial charge < -0.3 is 20.9 Å². The van der Waals surface area contributed by atoms with Gasteiger partial charge in [-0.2, -0.15) is 15.8 Å². The summed E-state index contributed by atoms with van der Waals surface area (Å²) in [6.45, 7) is 0. The lowest BCUT2D eigenvalue weighted by molar-refractivity contribution is 0.105. The molecule has 2 rings (SSSR count). The molecule has 0 aromatic heterocycles. The van der Waals surface area contributed by atoms with E-state index in [2.05, 4.69) is 0 Å². The van der Waals surface area contributed by atoms with Gasteiger partial charge in [0.1, 0.15) is 11.6 Å². The summed E-state index contributed by atoms with van der Waals surface area (Å²) in [5, 5.41) is 46.9. The van der Waals surface area contributed by atoms with Crippen LogP contribution in [0.1, 0.15) is 11.7 Å². The first kappa shape index (κ1) is 14.2. The minimum Gasteiger partial charge on any atom is -0.733 e. The van der Waals surface area contributed by atoms with Crippen LogP contribution >= 0.6 is 0 Å². The number of nitrogens with zero attached hydrogens (tertiary/aromatic N) is 4. The van der Waals surface area contributed by atoms with E-state index in [9.17, 15) is 15.7 Å². The normalized spacial score (nSPS) is 19.1. The molecule has 21 heavy (non-hydrogen) atoms. The Hall–Kier alpha value is -3.25. The van der Waals surface area contributed by atoms with Gasteiger partial charge in [0.25, 0.3) is 0 Å². The van der Waals surface area contributed by atoms with Gasteiger partial charge in [-0.15, -0.1) is 0 Å². The van der Waals surface area contributed by atoms with Crippen molar-refractivity contribution in [3.63, 3.8) is 0 Å². The molecule has 3 N–H and O–H groups in total. The predicted molar refractivity (Wildman–Crippen MR) is 68.4 cm³/mol. The van der Waals surface area contributed by atoms with E-state index in [1.807, 2.05) is 0 Å². The molecule has 104 valence electrons. The van der Waals surface area contributed by atoms with Crippen molar-refractivity contribution in [1.29, 1.82) is 15.8 Å². The summed E-state index contributed by atoms with van der Waals surface area (Å²) in [6.07, 6.45) is -1.09. The Kier molecular flexibility index (Phi) is 3.39. The van der Waals surface area contributed by atoms with Crippen LogP contribution in [0.2, 0.25) is 0 Å². The lowest BCUT2D eigenvalue weighted by atomic mass is 9.77. The van der Waals surface area contributed by atoms with Gasteiger partial charge in [0.05, 0.1) is 17.8 Å². The summed E-state index contributed by atoms with van der Waals surface area (Å²) in [7, 11) is 0. The Morgan fingerprint density at radius 3 is 2.24 bits per heavy atom. The summed E-state index contributed by atoms with van der Waals surface area (Å²) >= 11 is 0. The Labute approximate surface area is 119 Å². The summed E-state index contributed by atoms with van der Waals surface area (Å²) in [5.41, 5.74) is 3.81. The fraction of sp³-hybridized carbons (Fsp3) is 0.154. The zero-order valence-electron chi connectivity index (χ0n) is 10.5. The largest absolute Gasteiger partial charge is 0.733 e.